The standard InChI is InChI=1S/C20H15FN4/c21-16-6-7-17-18(12-16)24-19(15-8-10-22-11-9-15)25-20(17)23-13-14-4-2-1-3-5-14/h1-12H,13H2,(H,23,24,25). The maximum absolute atomic E-state index is 13.7. The molecule has 4 nitrogen and oxygen atoms in total. The number of nitrogens with zero attached hydrogens (tertiary/aromatic N) is 3. The van der Waals surface area contributed by atoms with E-state index in [1.807, 2.05) is 42.5 Å². The van der Waals surface area contributed by atoms with E-state index in [2.05, 4.69) is 20.3 Å². The number of hydrogen-bond donors (Lipinski definition) is 1. The van der Waals surface area contributed by atoms with Crippen molar-refractivity contribution in [3.05, 3.63) is 84.4 Å². The second-order valence-electron chi connectivity index (χ2n) is 5.63. The summed E-state index contributed by atoms with van der Waals surface area (Å²) in [6, 6.07) is 18.3. The Morgan fingerprint density at radius 2 is 1.68 bits per heavy atom. The normalized spacial score (nSPS) is 10.8. The average molecular weight is 330 g/mol. The van der Waals surface area contributed by atoms with Gasteiger partial charge in [0.05, 0.1) is 5.52 Å². The van der Waals surface area contributed by atoms with Gasteiger partial charge in [0.25, 0.3) is 0 Å². The first-order chi connectivity index (χ1) is 12.3. The van der Waals surface area contributed by atoms with E-state index < -0.39 is 0 Å². The van der Waals surface area contributed by atoms with Gasteiger partial charge in [0.15, 0.2) is 5.82 Å². The van der Waals surface area contributed by atoms with E-state index in [4.69, 9.17) is 0 Å². The summed E-state index contributed by atoms with van der Waals surface area (Å²) in [5, 5.41) is 4.13. The number of pyridine rings is 1. The Hall–Kier alpha value is -3.34. The highest BCUT2D eigenvalue weighted by molar-refractivity contribution is 5.90. The van der Waals surface area contributed by atoms with E-state index in [-0.39, 0.29) is 5.82 Å². The zero-order valence-electron chi connectivity index (χ0n) is 13.4. The SMILES string of the molecule is Fc1ccc2c(NCc3ccccc3)nc(-c3ccncc3)nc2c1. The maximum atomic E-state index is 13.7. The molecule has 1 N–H and O–H groups in total. The van der Waals surface area contributed by atoms with Crippen LogP contribution in [0.5, 0.6) is 0 Å². The molecule has 4 rings (SSSR count). The molecule has 0 aliphatic carbocycles. The topological polar surface area (TPSA) is 50.7 Å². The Balaban J connectivity index is 1.78. The Morgan fingerprint density at radius 3 is 2.48 bits per heavy atom. The zero-order chi connectivity index (χ0) is 17.1. The third-order valence-corrected chi connectivity index (χ3v) is 3.90. The van der Waals surface area contributed by atoms with Crippen LogP contribution in [0.15, 0.2) is 73.1 Å². The first-order valence-electron chi connectivity index (χ1n) is 7.95. The summed E-state index contributed by atoms with van der Waals surface area (Å²) in [5.41, 5.74) is 2.54. The summed E-state index contributed by atoms with van der Waals surface area (Å²) in [7, 11) is 0. The van der Waals surface area contributed by atoms with Crippen molar-refractivity contribution in [2.45, 2.75) is 6.54 Å². The van der Waals surface area contributed by atoms with Gasteiger partial charge in [-0.2, -0.15) is 0 Å². The molecule has 0 fully saturated rings. The van der Waals surface area contributed by atoms with Gasteiger partial charge in [0, 0.05) is 36.0 Å². The third-order valence-electron chi connectivity index (χ3n) is 3.90. The number of anilines is 1. The molecule has 2 heterocycles. The van der Waals surface area contributed by atoms with Gasteiger partial charge in [-0.05, 0) is 29.8 Å². The lowest BCUT2D eigenvalue weighted by Gasteiger charge is -2.11. The van der Waals surface area contributed by atoms with Gasteiger partial charge in [-0.1, -0.05) is 30.3 Å². The third kappa shape index (κ3) is 3.30. The first kappa shape index (κ1) is 15.2. The summed E-state index contributed by atoms with van der Waals surface area (Å²) in [5.74, 6) is 0.901. The molecule has 2 aromatic carbocycles. The molecule has 0 amide bonds. The molecule has 0 aliphatic heterocycles. The van der Waals surface area contributed by atoms with Crippen LogP contribution in [0, 0.1) is 5.82 Å². The smallest absolute Gasteiger partial charge is 0.162 e. The molecule has 0 atom stereocenters. The summed E-state index contributed by atoms with van der Waals surface area (Å²) in [4.78, 5) is 13.2. The molecule has 25 heavy (non-hydrogen) atoms. The number of hydrogen-bond acceptors (Lipinski definition) is 4. The van der Waals surface area contributed by atoms with Crippen molar-refractivity contribution in [1.29, 1.82) is 0 Å². The maximum Gasteiger partial charge on any atom is 0.162 e. The van der Waals surface area contributed by atoms with Crippen molar-refractivity contribution >= 4 is 16.7 Å². The number of halogens is 1. The van der Waals surface area contributed by atoms with Crippen LogP contribution < -0.4 is 5.32 Å². The van der Waals surface area contributed by atoms with Gasteiger partial charge in [-0.3, -0.25) is 4.98 Å². The van der Waals surface area contributed by atoms with Crippen LogP contribution in [0.4, 0.5) is 10.2 Å². The molecule has 0 unspecified atom stereocenters. The van der Waals surface area contributed by atoms with Gasteiger partial charge in [0.1, 0.15) is 11.6 Å². The molecule has 2 aromatic heterocycles. The fourth-order valence-corrected chi connectivity index (χ4v) is 2.65. The summed E-state index contributed by atoms with van der Waals surface area (Å²) in [6.45, 7) is 0.625. The first-order valence-corrected chi connectivity index (χ1v) is 7.95. The van der Waals surface area contributed by atoms with E-state index in [1.165, 1.54) is 12.1 Å². The lowest BCUT2D eigenvalue weighted by Crippen LogP contribution is -2.04. The minimum Gasteiger partial charge on any atom is -0.365 e. The predicted molar refractivity (Wildman–Crippen MR) is 96.5 cm³/mol. The van der Waals surface area contributed by atoms with Crippen LogP contribution in [-0.2, 0) is 6.54 Å². The van der Waals surface area contributed by atoms with E-state index in [0.29, 0.717) is 23.7 Å². The fourth-order valence-electron chi connectivity index (χ4n) is 2.65. The van der Waals surface area contributed by atoms with Gasteiger partial charge in [-0.25, -0.2) is 14.4 Å². The van der Waals surface area contributed by atoms with Crippen LogP contribution in [-0.4, -0.2) is 15.0 Å². The van der Waals surface area contributed by atoms with E-state index >= 15 is 0 Å². The number of aromatic nitrogens is 3. The van der Waals surface area contributed by atoms with E-state index in [9.17, 15) is 4.39 Å². The monoisotopic (exact) mass is 330 g/mol. The van der Waals surface area contributed by atoms with Gasteiger partial charge < -0.3 is 5.32 Å². The molecule has 4 aromatic rings. The van der Waals surface area contributed by atoms with Crippen LogP contribution in [0.25, 0.3) is 22.3 Å². The van der Waals surface area contributed by atoms with Gasteiger partial charge >= 0.3 is 0 Å². The summed E-state index contributed by atoms with van der Waals surface area (Å²) < 4.78 is 13.7. The molecule has 0 spiro atoms. The molecular formula is C20H15FN4. The van der Waals surface area contributed by atoms with Crippen molar-refractivity contribution in [3.63, 3.8) is 0 Å². The summed E-state index contributed by atoms with van der Waals surface area (Å²) in [6.07, 6.45) is 3.37. The molecule has 0 radical (unpaired) electrons. The quantitative estimate of drug-likeness (QED) is 0.601. The van der Waals surface area contributed by atoms with E-state index in [0.717, 1.165) is 16.5 Å². The largest absolute Gasteiger partial charge is 0.365 e. The van der Waals surface area contributed by atoms with Gasteiger partial charge in [0.2, 0.25) is 0 Å². The Labute approximate surface area is 144 Å². The van der Waals surface area contributed by atoms with Crippen molar-refractivity contribution in [3.8, 4) is 11.4 Å². The number of benzene rings is 2. The molecular weight excluding hydrogens is 315 g/mol. The fraction of sp³-hybridized carbons (Fsp3) is 0.0500. The van der Waals surface area contributed by atoms with Crippen LogP contribution >= 0.6 is 0 Å². The lowest BCUT2D eigenvalue weighted by atomic mass is 10.2. The number of nitrogens with one attached hydrogen (secondary N) is 1. The minimum atomic E-state index is -0.319. The number of rotatable bonds is 4. The average Bonchev–Trinajstić information content (AvgIpc) is 2.67. The second-order valence-corrected chi connectivity index (χ2v) is 5.63. The van der Waals surface area contributed by atoms with Crippen LogP contribution in [0.2, 0.25) is 0 Å². The molecule has 122 valence electrons. The van der Waals surface area contributed by atoms with Crippen LogP contribution in [0.1, 0.15) is 5.56 Å². The van der Waals surface area contributed by atoms with E-state index in [1.54, 1.807) is 18.5 Å². The highest BCUT2D eigenvalue weighted by atomic mass is 19.1. The minimum absolute atomic E-state index is 0.319. The molecule has 0 saturated heterocycles. The zero-order valence-corrected chi connectivity index (χ0v) is 13.4. The van der Waals surface area contributed by atoms with Crippen molar-refractivity contribution in [1.82, 2.24) is 15.0 Å². The van der Waals surface area contributed by atoms with Crippen molar-refractivity contribution in [2.75, 3.05) is 5.32 Å². The molecule has 5 heteroatoms. The molecule has 0 saturated carbocycles. The Kier molecular flexibility index (Phi) is 4.04. The lowest BCUT2D eigenvalue weighted by molar-refractivity contribution is 0.629. The van der Waals surface area contributed by atoms with Gasteiger partial charge in [-0.15, -0.1) is 0 Å². The molecule has 0 bridgehead atoms. The summed E-state index contributed by atoms with van der Waals surface area (Å²) >= 11 is 0. The highest BCUT2D eigenvalue weighted by Gasteiger charge is 2.10. The van der Waals surface area contributed by atoms with Crippen LogP contribution in [0.3, 0.4) is 0 Å². The van der Waals surface area contributed by atoms with Crippen molar-refractivity contribution < 1.29 is 4.39 Å². The second kappa shape index (κ2) is 6.65. The molecule has 0 aliphatic rings. The Morgan fingerprint density at radius 1 is 0.880 bits per heavy atom. The number of fused-ring (bicyclic) bond motifs is 1. The predicted octanol–water partition coefficient (Wildman–Crippen LogP) is 4.44. The van der Waals surface area contributed by atoms with Crippen molar-refractivity contribution in [2.24, 2.45) is 0 Å². The Bertz CT molecular complexity index is 1000. The highest BCUT2D eigenvalue weighted by Crippen LogP contribution is 2.25.